The average molecular weight is 240 g/mol. The maximum absolute atomic E-state index is 10.5. The van der Waals surface area contributed by atoms with Crippen molar-refractivity contribution in [2.75, 3.05) is 6.61 Å². The van der Waals surface area contributed by atoms with Gasteiger partial charge in [-0.05, 0) is 25.7 Å². The van der Waals surface area contributed by atoms with Crippen molar-refractivity contribution in [3.05, 3.63) is 12.2 Å². The number of hydrogen-bond acceptors (Lipinski definition) is 2. The third-order valence-corrected chi connectivity index (χ3v) is 2.71. The molecule has 2 nitrogen and oxygen atoms in total. The van der Waals surface area contributed by atoms with Crippen molar-refractivity contribution in [1.29, 1.82) is 0 Å². The van der Waals surface area contributed by atoms with E-state index in [0.29, 0.717) is 6.61 Å². The number of rotatable bonds is 11. The van der Waals surface area contributed by atoms with E-state index in [1.54, 1.807) is 0 Å². The molecule has 0 atom stereocenters. The van der Waals surface area contributed by atoms with Crippen molar-refractivity contribution in [3.8, 4) is 0 Å². The Morgan fingerprint density at radius 3 is 2.18 bits per heavy atom. The molecule has 0 spiro atoms. The van der Waals surface area contributed by atoms with Gasteiger partial charge in [0.2, 0.25) is 0 Å². The lowest BCUT2D eigenvalue weighted by Gasteiger charge is -2.01. The summed E-state index contributed by atoms with van der Waals surface area (Å²) < 4.78 is 4.87. The minimum absolute atomic E-state index is 0.165. The van der Waals surface area contributed by atoms with Gasteiger partial charge in [0, 0.05) is 6.92 Å². The number of carbonyl (C=O) groups excluding carboxylic acids is 1. The summed E-state index contributed by atoms with van der Waals surface area (Å²) in [6, 6.07) is 0. The average Bonchev–Trinajstić information content (AvgIpc) is 2.30. The Kier molecular flexibility index (Phi) is 12.7. The van der Waals surface area contributed by atoms with Crippen molar-refractivity contribution in [3.63, 3.8) is 0 Å². The third kappa shape index (κ3) is 15.2. The Labute approximate surface area is 106 Å². The monoisotopic (exact) mass is 240 g/mol. The quantitative estimate of drug-likeness (QED) is 0.299. The van der Waals surface area contributed by atoms with E-state index in [-0.39, 0.29) is 5.97 Å². The summed E-state index contributed by atoms with van der Waals surface area (Å²) in [6.45, 7) is 4.28. The van der Waals surface area contributed by atoms with Gasteiger partial charge in [0.05, 0.1) is 6.61 Å². The van der Waals surface area contributed by atoms with Crippen molar-refractivity contribution >= 4 is 5.97 Å². The fraction of sp³-hybridized carbons (Fsp3) is 0.800. The Morgan fingerprint density at radius 1 is 0.941 bits per heavy atom. The molecule has 0 saturated heterocycles. The predicted octanol–water partition coefficient (Wildman–Crippen LogP) is 4.64. The second-order valence-electron chi connectivity index (χ2n) is 4.51. The molecule has 0 bridgehead atoms. The van der Waals surface area contributed by atoms with E-state index in [1.807, 2.05) is 0 Å². The van der Waals surface area contributed by atoms with E-state index < -0.39 is 0 Å². The predicted molar refractivity (Wildman–Crippen MR) is 73.0 cm³/mol. The highest BCUT2D eigenvalue weighted by Crippen LogP contribution is 2.06. The topological polar surface area (TPSA) is 26.3 Å². The molecule has 0 radical (unpaired) electrons. The summed E-state index contributed by atoms with van der Waals surface area (Å²) in [5, 5.41) is 0. The van der Waals surface area contributed by atoms with Crippen molar-refractivity contribution in [1.82, 2.24) is 0 Å². The minimum Gasteiger partial charge on any atom is -0.466 e. The molecule has 0 aliphatic carbocycles. The van der Waals surface area contributed by atoms with Gasteiger partial charge in [-0.15, -0.1) is 0 Å². The normalized spacial score (nSPS) is 10.9. The highest BCUT2D eigenvalue weighted by atomic mass is 16.5. The van der Waals surface area contributed by atoms with Gasteiger partial charge in [-0.1, -0.05) is 51.2 Å². The zero-order valence-corrected chi connectivity index (χ0v) is 11.5. The lowest BCUT2D eigenvalue weighted by atomic mass is 10.1. The number of allylic oxidation sites excluding steroid dienone is 2. The Morgan fingerprint density at radius 2 is 1.53 bits per heavy atom. The number of esters is 1. The lowest BCUT2D eigenvalue weighted by Crippen LogP contribution is -1.99. The van der Waals surface area contributed by atoms with Gasteiger partial charge >= 0.3 is 5.97 Å². The molecule has 0 rings (SSSR count). The zero-order valence-electron chi connectivity index (χ0n) is 11.5. The third-order valence-electron chi connectivity index (χ3n) is 2.71. The highest BCUT2D eigenvalue weighted by molar-refractivity contribution is 5.65. The van der Waals surface area contributed by atoms with E-state index in [2.05, 4.69) is 19.1 Å². The first kappa shape index (κ1) is 16.2. The van der Waals surface area contributed by atoms with Crippen molar-refractivity contribution in [2.24, 2.45) is 0 Å². The van der Waals surface area contributed by atoms with Crippen molar-refractivity contribution < 1.29 is 9.53 Å². The summed E-state index contributed by atoms with van der Waals surface area (Å²) in [5.74, 6) is -0.165. The molecule has 0 unspecified atom stereocenters. The maximum Gasteiger partial charge on any atom is 0.302 e. The highest BCUT2D eigenvalue weighted by Gasteiger charge is 1.93. The van der Waals surface area contributed by atoms with Gasteiger partial charge in [-0.2, -0.15) is 0 Å². The molecule has 0 aliphatic heterocycles. The van der Waals surface area contributed by atoms with Crippen LogP contribution in [0.1, 0.15) is 71.6 Å². The number of carbonyl (C=O) groups is 1. The lowest BCUT2D eigenvalue weighted by molar-refractivity contribution is -0.141. The fourth-order valence-electron chi connectivity index (χ4n) is 1.67. The molecule has 0 fully saturated rings. The Balaban J connectivity index is 3.03. The minimum atomic E-state index is -0.165. The fourth-order valence-corrected chi connectivity index (χ4v) is 1.67. The summed E-state index contributed by atoms with van der Waals surface area (Å²) in [7, 11) is 0. The standard InChI is InChI=1S/C15H28O2/c1-3-4-5-6-7-8-9-10-11-12-13-14-17-15(2)16/h6-7H,3-5,8-14H2,1-2H3/b7-6+. The molecular weight excluding hydrogens is 212 g/mol. The Bertz CT molecular complexity index is 197. The molecule has 0 aromatic rings. The Hall–Kier alpha value is -0.790. The van der Waals surface area contributed by atoms with E-state index >= 15 is 0 Å². The van der Waals surface area contributed by atoms with Crippen LogP contribution in [0.25, 0.3) is 0 Å². The summed E-state index contributed by atoms with van der Waals surface area (Å²) in [4.78, 5) is 10.5. The smallest absolute Gasteiger partial charge is 0.302 e. The van der Waals surface area contributed by atoms with Gasteiger partial charge < -0.3 is 4.74 Å². The second-order valence-corrected chi connectivity index (χ2v) is 4.51. The van der Waals surface area contributed by atoms with Gasteiger partial charge in [-0.25, -0.2) is 0 Å². The van der Waals surface area contributed by atoms with Crippen LogP contribution in [0, 0.1) is 0 Å². The number of hydrogen-bond donors (Lipinski definition) is 0. The second kappa shape index (κ2) is 13.3. The number of ether oxygens (including phenoxy) is 1. The first-order valence-electron chi connectivity index (χ1n) is 7.05. The van der Waals surface area contributed by atoms with Crippen LogP contribution in [-0.2, 0) is 9.53 Å². The first-order chi connectivity index (χ1) is 8.27. The van der Waals surface area contributed by atoms with Gasteiger partial charge in [-0.3, -0.25) is 4.79 Å². The molecule has 0 saturated carbocycles. The van der Waals surface area contributed by atoms with E-state index in [0.717, 1.165) is 6.42 Å². The number of unbranched alkanes of at least 4 members (excludes halogenated alkanes) is 7. The van der Waals surface area contributed by atoms with Crippen molar-refractivity contribution in [2.45, 2.75) is 71.6 Å². The maximum atomic E-state index is 10.5. The van der Waals surface area contributed by atoms with E-state index in [1.165, 1.54) is 58.3 Å². The zero-order chi connectivity index (χ0) is 12.8. The van der Waals surface area contributed by atoms with E-state index in [9.17, 15) is 4.79 Å². The molecule has 100 valence electrons. The van der Waals surface area contributed by atoms with Gasteiger partial charge in [0.15, 0.2) is 0 Å². The molecule has 0 amide bonds. The summed E-state index contributed by atoms with van der Waals surface area (Å²) in [6.07, 6.45) is 15.7. The van der Waals surface area contributed by atoms with Crippen LogP contribution in [0.5, 0.6) is 0 Å². The molecule has 17 heavy (non-hydrogen) atoms. The first-order valence-corrected chi connectivity index (χ1v) is 7.05. The molecule has 2 heteroatoms. The summed E-state index contributed by atoms with van der Waals surface area (Å²) in [5.41, 5.74) is 0. The molecule has 0 aliphatic rings. The van der Waals surface area contributed by atoms with Gasteiger partial charge in [0.25, 0.3) is 0 Å². The molecule has 0 aromatic heterocycles. The van der Waals surface area contributed by atoms with Crippen LogP contribution in [0.15, 0.2) is 12.2 Å². The molecule has 0 N–H and O–H groups in total. The van der Waals surface area contributed by atoms with Crippen LogP contribution in [0.4, 0.5) is 0 Å². The van der Waals surface area contributed by atoms with Crippen LogP contribution >= 0.6 is 0 Å². The summed E-state index contributed by atoms with van der Waals surface area (Å²) >= 11 is 0. The van der Waals surface area contributed by atoms with Crippen LogP contribution < -0.4 is 0 Å². The molecule has 0 heterocycles. The largest absolute Gasteiger partial charge is 0.466 e. The van der Waals surface area contributed by atoms with Gasteiger partial charge in [0.1, 0.15) is 0 Å². The molecule has 0 aromatic carbocycles. The van der Waals surface area contributed by atoms with Crippen LogP contribution in [0.2, 0.25) is 0 Å². The van der Waals surface area contributed by atoms with Crippen LogP contribution in [0.3, 0.4) is 0 Å². The van der Waals surface area contributed by atoms with E-state index in [4.69, 9.17) is 4.74 Å². The molecular formula is C15H28O2. The van der Waals surface area contributed by atoms with Crippen LogP contribution in [-0.4, -0.2) is 12.6 Å². The SMILES string of the molecule is CCCC/C=C/CCCCCCCOC(C)=O.